The molecule has 0 aliphatic rings. The topological polar surface area (TPSA) is 56.0 Å². The Morgan fingerprint density at radius 3 is 2.73 bits per heavy atom. The van der Waals surface area contributed by atoms with Crippen LogP contribution in [0.5, 0.6) is 0 Å². The zero-order valence-electron chi connectivity index (χ0n) is 5.97. The smallest absolute Gasteiger partial charge is 0.253 e. The number of pyridine rings is 1. The van der Waals surface area contributed by atoms with Crippen molar-refractivity contribution in [3.05, 3.63) is 29.3 Å². The van der Waals surface area contributed by atoms with E-state index >= 15 is 0 Å². The molecule has 0 aromatic carbocycles. The normalized spacial score (nSPS) is 9.64. The number of nitrogens with zero attached hydrogens (tertiary/aromatic N) is 1. The van der Waals surface area contributed by atoms with Gasteiger partial charge < -0.3 is 5.73 Å². The van der Waals surface area contributed by atoms with Gasteiger partial charge in [-0.25, -0.2) is 4.98 Å². The zero-order chi connectivity index (χ0) is 8.43. The second-order valence-electron chi connectivity index (χ2n) is 2.16. The lowest BCUT2D eigenvalue weighted by Crippen LogP contribution is -2.15. The maximum absolute atomic E-state index is 12.7. The Bertz CT molecular complexity index is 278. The largest absolute Gasteiger partial charge is 0.365 e. The first kappa shape index (κ1) is 7.65. The van der Waals surface area contributed by atoms with Crippen molar-refractivity contribution in [3.63, 3.8) is 0 Å². The molecular formula is C7H7FN2O. The average Bonchev–Trinajstić information content (AvgIpc) is 1.85. The number of aryl methyl sites for hydroxylation is 1. The van der Waals surface area contributed by atoms with Crippen LogP contribution in [0.3, 0.4) is 0 Å². The van der Waals surface area contributed by atoms with Crippen molar-refractivity contribution in [2.24, 2.45) is 5.73 Å². The van der Waals surface area contributed by atoms with Crippen LogP contribution < -0.4 is 5.73 Å². The molecule has 0 spiro atoms. The van der Waals surface area contributed by atoms with Gasteiger partial charge >= 0.3 is 0 Å². The zero-order valence-corrected chi connectivity index (χ0v) is 5.97. The standard InChI is InChI=1S/C7H7FN2O/c1-4-2-3-10-6(8)5(4)7(9)11/h2-3H,1H3,(H2,9,11). The molecule has 1 aromatic heterocycles. The molecule has 0 radical (unpaired) electrons. The molecule has 0 atom stereocenters. The van der Waals surface area contributed by atoms with Gasteiger partial charge in [-0.15, -0.1) is 0 Å². The van der Waals surface area contributed by atoms with Crippen molar-refractivity contribution >= 4 is 5.91 Å². The Hall–Kier alpha value is -1.45. The van der Waals surface area contributed by atoms with Gasteiger partial charge in [0.15, 0.2) is 0 Å². The van der Waals surface area contributed by atoms with Crippen molar-refractivity contribution in [2.75, 3.05) is 0 Å². The average molecular weight is 154 g/mol. The Balaban J connectivity index is 3.32. The van der Waals surface area contributed by atoms with E-state index < -0.39 is 11.9 Å². The summed E-state index contributed by atoms with van der Waals surface area (Å²) in [5, 5.41) is 0. The number of amides is 1. The molecular weight excluding hydrogens is 147 g/mol. The van der Waals surface area contributed by atoms with Crippen molar-refractivity contribution in [1.29, 1.82) is 0 Å². The van der Waals surface area contributed by atoms with Crippen LogP contribution in [-0.4, -0.2) is 10.9 Å². The van der Waals surface area contributed by atoms with Gasteiger partial charge in [0, 0.05) is 6.20 Å². The third kappa shape index (κ3) is 1.34. The molecule has 11 heavy (non-hydrogen) atoms. The monoisotopic (exact) mass is 154 g/mol. The number of halogens is 1. The van der Waals surface area contributed by atoms with Crippen LogP contribution in [0.2, 0.25) is 0 Å². The van der Waals surface area contributed by atoms with E-state index in [0.29, 0.717) is 5.56 Å². The second kappa shape index (κ2) is 2.65. The van der Waals surface area contributed by atoms with E-state index in [9.17, 15) is 9.18 Å². The molecule has 4 heteroatoms. The molecule has 1 rings (SSSR count). The predicted molar refractivity (Wildman–Crippen MR) is 37.4 cm³/mol. The minimum Gasteiger partial charge on any atom is -0.365 e. The fourth-order valence-electron chi connectivity index (χ4n) is 0.821. The highest BCUT2D eigenvalue weighted by Crippen LogP contribution is 2.08. The third-order valence-corrected chi connectivity index (χ3v) is 1.36. The van der Waals surface area contributed by atoms with Crippen molar-refractivity contribution in [2.45, 2.75) is 6.92 Å². The van der Waals surface area contributed by atoms with Gasteiger partial charge in [-0.2, -0.15) is 4.39 Å². The lowest BCUT2D eigenvalue weighted by molar-refractivity contribution is 0.0995. The first-order chi connectivity index (χ1) is 5.13. The number of carbonyl (C=O) groups is 1. The summed E-state index contributed by atoms with van der Waals surface area (Å²) in [6.45, 7) is 1.60. The van der Waals surface area contributed by atoms with E-state index in [4.69, 9.17) is 5.73 Å². The van der Waals surface area contributed by atoms with Crippen molar-refractivity contribution < 1.29 is 9.18 Å². The number of hydrogen-bond acceptors (Lipinski definition) is 2. The van der Waals surface area contributed by atoms with Gasteiger partial charge in [-0.1, -0.05) is 0 Å². The quantitative estimate of drug-likeness (QED) is 0.603. The van der Waals surface area contributed by atoms with E-state index in [1.807, 2.05) is 0 Å². The molecule has 58 valence electrons. The summed E-state index contributed by atoms with van der Waals surface area (Å²) in [6, 6.07) is 1.53. The van der Waals surface area contributed by atoms with E-state index in [1.165, 1.54) is 12.3 Å². The molecule has 1 heterocycles. The van der Waals surface area contributed by atoms with Crippen LogP contribution in [0.4, 0.5) is 4.39 Å². The number of rotatable bonds is 1. The van der Waals surface area contributed by atoms with Crippen LogP contribution in [0.15, 0.2) is 12.3 Å². The van der Waals surface area contributed by atoms with Gasteiger partial charge in [0.1, 0.15) is 0 Å². The van der Waals surface area contributed by atoms with Crippen LogP contribution in [0.1, 0.15) is 15.9 Å². The molecule has 2 N–H and O–H groups in total. The lowest BCUT2D eigenvalue weighted by Gasteiger charge is -1.99. The highest BCUT2D eigenvalue weighted by molar-refractivity contribution is 5.94. The molecule has 0 bridgehead atoms. The molecule has 1 amide bonds. The van der Waals surface area contributed by atoms with Gasteiger partial charge in [0.05, 0.1) is 5.56 Å². The maximum atomic E-state index is 12.7. The summed E-state index contributed by atoms with van der Waals surface area (Å²) in [5.41, 5.74) is 5.27. The summed E-state index contributed by atoms with van der Waals surface area (Å²) in [5.74, 6) is -1.59. The molecule has 0 unspecified atom stereocenters. The van der Waals surface area contributed by atoms with Gasteiger partial charge in [0.25, 0.3) is 5.91 Å². The minimum atomic E-state index is -0.808. The van der Waals surface area contributed by atoms with Crippen LogP contribution in [0, 0.1) is 12.9 Å². The van der Waals surface area contributed by atoms with E-state index in [-0.39, 0.29) is 5.56 Å². The molecule has 0 aliphatic carbocycles. The Kier molecular flexibility index (Phi) is 1.85. The fraction of sp³-hybridized carbons (Fsp3) is 0.143. The number of aromatic nitrogens is 1. The van der Waals surface area contributed by atoms with Gasteiger partial charge in [0.2, 0.25) is 5.95 Å². The lowest BCUT2D eigenvalue weighted by atomic mass is 10.1. The summed E-state index contributed by atoms with van der Waals surface area (Å²) in [4.78, 5) is 13.9. The first-order valence-electron chi connectivity index (χ1n) is 3.04. The van der Waals surface area contributed by atoms with E-state index in [0.717, 1.165) is 0 Å². The number of hydrogen-bond donors (Lipinski definition) is 1. The van der Waals surface area contributed by atoms with E-state index in [1.54, 1.807) is 6.92 Å². The summed E-state index contributed by atoms with van der Waals surface area (Å²) in [7, 11) is 0. The van der Waals surface area contributed by atoms with Crippen molar-refractivity contribution in [3.8, 4) is 0 Å². The Morgan fingerprint density at radius 1 is 1.73 bits per heavy atom. The minimum absolute atomic E-state index is 0.132. The molecule has 3 nitrogen and oxygen atoms in total. The van der Waals surface area contributed by atoms with Crippen LogP contribution in [0.25, 0.3) is 0 Å². The fourth-order valence-corrected chi connectivity index (χ4v) is 0.821. The number of primary amides is 1. The molecule has 0 aliphatic heterocycles. The van der Waals surface area contributed by atoms with Crippen molar-refractivity contribution in [1.82, 2.24) is 4.98 Å². The molecule has 1 aromatic rings. The van der Waals surface area contributed by atoms with Gasteiger partial charge in [-0.3, -0.25) is 4.79 Å². The maximum Gasteiger partial charge on any atom is 0.253 e. The Morgan fingerprint density at radius 2 is 2.36 bits per heavy atom. The van der Waals surface area contributed by atoms with Gasteiger partial charge in [-0.05, 0) is 18.6 Å². The van der Waals surface area contributed by atoms with Crippen LogP contribution >= 0.6 is 0 Å². The number of nitrogens with two attached hydrogens (primary N) is 1. The Labute approximate surface area is 63.0 Å². The second-order valence-corrected chi connectivity index (χ2v) is 2.16. The summed E-state index contributed by atoms with van der Waals surface area (Å²) < 4.78 is 12.7. The SMILES string of the molecule is Cc1ccnc(F)c1C(N)=O. The molecule has 0 saturated heterocycles. The van der Waals surface area contributed by atoms with Crippen LogP contribution in [-0.2, 0) is 0 Å². The summed E-state index contributed by atoms with van der Waals surface area (Å²) >= 11 is 0. The number of carbonyl (C=O) groups excluding carboxylic acids is 1. The van der Waals surface area contributed by atoms with E-state index in [2.05, 4.69) is 4.98 Å². The highest BCUT2D eigenvalue weighted by Gasteiger charge is 2.10. The third-order valence-electron chi connectivity index (χ3n) is 1.36. The highest BCUT2D eigenvalue weighted by atomic mass is 19.1. The first-order valence-corrected chi connectivity index (χ1v) is 3.04. The summed E-state index contributed by atoms with van der Waals surface area (Å²) in [6.07, 6.45) is 1.29. The predicted octanol–water partition coefficient (Wildman–Crippen LogP) is 0.628. The molecule has 0 fully saturated rings. The molecule has 0 saturated carbocycles.